The van der Waals surface area contributed by atoms with Crippen molar-refractivity contribution in [3.63, 3.8) is 0 Å². The van der Waals surface area contributed by atoms with Gasteiger partial charge in [0.2, 0.25) is 0 Å². The lowest BCUT2D eigenvalue weighted by Gasteiger charge is -2.12. The average Bonchev–Trinajstić information content (AvgIpc) is 2.64. The molecule has 0 aliphatic rings. The minimum Gasteiger partial charge on any atom is -0.493 e. The van der Waals surface area contributed by atoms with Gasteiger partial charge in [-0.25, -0.2) is 9.59 Å². The number of benzene rings is 2. The van der Waals surface area contributed by atoms with Crippen molar-refractivity contribution in [2.24, 2.45) is 0 Å². The zero-order valence-electron chi connectivity index (χ0n) is 13.7. The molecule has 7 nitrogen and oxygen atoms in total. The molecule has 0 fully saturated rings. The molecule has 0 spiro atoms. The van der Waals surface area contributed by atoms with Crippen LogP contribution in [0.5, 0.6) is 11.5 Å². The molecule has 132 valence electrons. The maximum Gasteiger partial charge on any atom is 0.407 e. The van der Waals surface area contributed by atoms with Crippen LogP contribution >= 0.6 is 0 Å². The second kappa shape index (κ2) is 9.17. The van der Waals surface area contributed by atoms with Gasteiger partial charge < -0.3 is 24.6 Å². The zero-order valence-corrected chi connectivity index (χ0v) is 13.7. The van der Waals surface area contributed by atoms with Gasteiger partial charge in [-0.05, 0) is 23.8 Å². The molecule has 0 heterocycles. The van der Waals surface area contributed by atoms with Crippen molar-refractivity contribution in [2.45, 2.75) is 6.61 Å². The predicted molar refractivity (Wildman–Crippen MR) is 90.1 cm³/mol. The second-order valence-corrected chi connectivity index (χ2v) is 5.01. The minimum absolute atomic E-state index is 0.104. The third-order valence-corrected chi connectivity index (χ3v) is 3.25. The fourth-order valence-electron chi connectivity index (χ4n) is 2.01. The molecule has 0 saturated carbocycles. The van der Waals surface area contributed by atoms with Gasteiger partial charge in [0.05, 0.1) is 19.2 Å². The maximum atomic E-state index is 11.6. The van der Waals surface area contributed by atoms with Crippen LogP contribution < -0.4 is 14.8 Å². The Hall–Kier alpha value is -3.22. The van der Waals surface area contributed by atoms with Crippen LogP contribution in [0.3, 0.4) is 0 Å². The lowest BCUT2D eigenvalue weighted by molar-refractivity contribution is 0.0696. The second-order valence-electron chi connectivity index (χ2n) is 5.01. The highest BCUT2D eigenvalue weighted by atomic mass is 16.5. The molecule has 1 amide bonds. The summed E-state index contributed by atoms with van der Waals surface area (Å²) < 4.78 is 15.7. The standard InChI is InChI=1S/C18H19NO6/c1-23-16-11-14(17(20)21)7-8-15(16)24-10-9-19-18(22)25-12-13-5-3-2-4-6-13/h2-8,11H,9-10,12H2,1H3,(H,19,22)(H,20,21). The molecule has 0 saturated heterocycles. The Balaban J connectivity index is 1.73. The molecule has 0 unspecified atom stereocenters. The molecule has 2 aromatic carbocycles. The van der Waals surface area contributed by atoms with Crippen LogP contribution in [0, 0.1) is 0 Å². The normalized spacial score (nSPS) is 9.96. The van der Waals surface area contributed by atoms with Crippen molar-refractivity contribution in [3.05, 3.63) is 59.7 Å². The highest BCUT2D eigenvalue weighted by Gasteiger charge is 2.10. The van der Waals surface area contributed by atoms with E-state index in [9.17, 15) is 9.59 Å². The van der Waals surface area contributed by atoms with E-state index in [1.807, 2.05) is 30.3 Å². The number of amides is 1. The van der Waals surface area contributed by atoms with E-state index < -0.39 is 12.1 Å². The number of aromatic carboxylic acids is 1. The van der Waals surface area contributed by atoms with Crippen molar-refractivity contribution in [1.82, 2.24) is 5.32 Å². The predicted octanol–water partition coefficient (Wildman–Crippen LogP) is 2.70. The lowest BCUT2D eigenvalue weighted by atomic mass is 10.2. The third kappa shape index (κ3) is 5.72. The molecule has 7 heteroatoms. The summed E-state index contributed by atoms with van der Waals surface area (Å²) in [5.74, 6) is -0.341. The summed E-state index contributed by atoms with van der Waals surface area (Å²) in [5.41, 5.74) is 1.00. The van der Waals surface area contributed by atoms with Crippen molar-refractivity contribution < 1.29 is 28.9 Å². The van der Waals surface area contributed by atoms with E-state index in [1.165, 1.54) is 25.3 Å². The van der Waals surface area contributed by atoms with Crippen LogP contribution in [0.4, 0.5) is 4.79 Å². The van der Waals surface area contributed by atoms with Gasteiger partial charge in [-0.2, -0.15) is 0 Å². The number of methoxy groups -OCH3 is 1. The molecule has 25 heavy (non-hydrogen) atoms. The maximum absolute atomic E-state index is 11.6. The van der Waals surface area contributed by atoms with Gasteiger partial charge in [0, 0.05) is 0 Å². The number of hydrogen-bond acceptors (Lipinski definition) is 5. The molecule has 0 radical (unpaired) electrons. The van der Waals surface area contributed by atoms with Gasteiger partial charge in [0.1, 0.15) is 13.2 Å². The van der Waals surface area contributed by atoms with Crippen molar-refractivity contribution in [3.8, 4) is 11.5 Å². The number of nitrogens with one attached hydrogen (secondary N) is 1. The van der Waals surface area contributed by atoms with Crippen LogP contribution in [0.15, 0.2) is 48.5 Å². The van der Waals surface area contributed by atoms with E-state index >= 15 is 0 Å². The number of ether oxygens (including phenoxy) is 3. The van der Waals surface area contributed by atoms with E-state index in [0.717, 1.165) is 5.56 Å². The van der Waals surface area contributed by atoms with E-state index in [0.29, 0.717) is 11.5 Å². The van der Waals surface area contributed by atoms with Gasteiger partial charge in [-0.3, -0.25) is 0 Å². The molecular formula is C18H19NO6. The minimum atomic E-state index is -1.05. The molecule has 0 aromatic heterocycles. The van der Waals surface area contributed by atoms with Gasteiger partial charge in [-0.15, -0.1) is 0 Å². The molecule has 0 bridgehead atoms. The lowest BCUT2D eigenvalue weighted by Crippen LogP contribution is -2.28. The topological polar surface area (TPSA) is 94.1 Å². The number of carbonyl (C=O) groups is 2. The monoisotopic (exact) mass is 345 g/mol. The SMILES string of the molecule is COc1cc(C(=O)O)ccc1OCCNC(=O)OCc1ccccc1. The van der Waals surface area contributed by atoms with E-state index in [-0.39, 0.29) is 25.3 Å². The highest BCUT2D eigenvalue weighted by molar-refractivity contribution is 5.88. The first-order valence-corrected chi connectivity index (χ1v) is 7.59. The molecule has 2 aromatic rings. The van der Waals surface area contributed by atoms with E-state index in [1.54, 1.807) is 0 Å². The number of alkyl carbamates (subject to hydrolysis) is 1. The summed E-state index contributed by atoms with van der Waals surface area (Å²) in [4.78, 5) is 22.5. The van der Waals surface area contributed by atoms with Crippen LogP contribution in [-0.2, 0) is 11.3 Å². The summed E-state index contributed by atoms with van der Waals surface area (Å²) >= 11 is 0. The van der Waals surface area contributed by atoms with Crippen LogP contribution in [-0.4, -0.2) is 37.4 Å². The van der Waals surface area contributed by atoms with Crippen LogP contribution in [0.1, 0.15) is 15.9 Å². The Bertz CT molecular complexity index is 717. The Morgan fingerprint density at radius 2 is 1.84 bits per heavy atom. The molecule has 2 rings (SSSR count). The molecular weight excluding hydrogens is 326 g/mol. The number of carbonyl (C=O) groups excluding carboxylic acids is 1. The average molecular weight is 345 g/mol. The Morgan fingerprint density at radius 1 is 1.08 bits per heavy atom. The number of carboxylic acid groups (broad SMARTS) is 1. The van der Waals surface area contributed by atoms with Gasteiger partial charge in [0.25, 0.3) is 0 Å². The molecule has 0 aliphatic carbocycles. The van der Waals surface area contributed by atoms with Crippen molar-refractivity contribution in [1.29, 1.82) is 0 Å². The van der Waals surface area contributed by atoms with E-state index in [4.69, 9.17) is 19.3 Å². The van der Waals surface area contributed by atoms with Crippen molar-refractivity contribution >= 4 is 12.1 Å². The fraction of sp³-hybridized carbons (Fsp3) is 0.222. The van der Waals surface area contributed by atoms with Crippen LogP contribution in [0.25, 0.3) is 0 Å². The largest absolute Gasteiger partial charge is 0.493 e. The Morgan fingerprint density at radius 3 is 2.52 bits per heavy atom. The Kier molecular flexibility index (Phi) is 6.65. The highest BCUT2D eigenvalue weighted by Crippen LogP contribution is 2.27. The quantitative estimate of drug-likeness (QED) is 0.715. The summed E-state index contributed by atoms with van der Waals surface area (Å²) in [6.45, 7) is 0.610. The Labute approximate surface area is 145 Å². The summed E-state index contributed by atoms with van der Waals surface area (Å²) in [6, 6.07) is 13.7. The number of rotatable bonds is 8. The first-order chi connectivity index (χ1) is 12.1. The van der Waals surface area contributed by atoms with E-state index in [2.05, 4.69) is 5.32 Å². The van der Waals surface area contributed by atoms with Gasteiger partial charge in [-0.1, -0.05) is 30.3 Å². The van der Waals surface area contributed by atoms with Gasteiger partial charge in [0.15, 0.2) is 11.5 Å². The first kappa shape index (κ1) is 18.1. The summed E-state index contributed by atoms with van der Waals surface area (Å²) in [6.07, 6.45) is -0.541. The zero-order chi connectivity index (χ0) is 18.1. The van der Waals surface area contributed by atoms with Crippen LogP contribution in [0.2, 0.25) is 0 Å². The molecule has 0 aliphatic heterocycles. The fourth-order valence-corrected chi connectivity index (χ4v) is 2.01. The summed E-state index contributed by atoms with van der Waals surface area (Å²) in [5, 5.41) is 11.5. The molecule has 0 atom stereocenters. The smallest absolute Gasteiger partial charge is 0.407 e. The van der Waals surface area contributed by atoms with Crippen molar-refractivity contribution in [2.75, 3.05) is 20.3 Å². The summed E-state index contributed by atoms with van der Waals surface area (Å²) in [7, 11) is 1.42. The third-order valence-electron chi connectivity index (χ3n) is 3.25. The number of carboxylic acids is 1. The first-order valence-electron chi connectivity index (χ1n) is 7.59. The molecule has 2 N–H and O–H groups in total. The van der Waals surface area contributed by atoms with Gasteiger partial charge >= 0.3 is 12.1 Å². The number of hydrogen-bond donors (Lipinski definition) is 2.